The van der Waals surface area contributed by atoms with E-state index in [2.05, 4.69) is 42.6 Å². The summed E-state index contributed by atoms with van der Waals surface area (Å²) >= 11 is 0. The van der Waals surface area contributed by atoms with E-state index in [1.807, 2.05) is 18.7 Å². The van der Waals surface area contributed by atoms with E-state index in [-0.39, 0.29) is 11.9 Å². The highest BCUT2D eigenvalue weighted by Crippen LogP contribution is 2.24. The Labute approximate surface area is 151 Å². The van der Waals surface area contributed by atoms with Gasteiger partial charge in [-0.3, -0.25) is 4.79 Å². The Morgan fingerprint density at radius 2 is 1.80 bits per heavy atom. The van der Waals surface area contributed by atoms with Crippen LogP contribution in [0.3, 0.4) is 0 Å². The summed E-state index contributed by atoms with van der Waals surface area (Å²) in [6, 6.07) is 0.173. The Hall–Kier alpha value is -1.69. The molecule has 0 unspecified atom stereocenters. The van der Waals surface area contributed by atoms with Crippen molar-refractivity contribution in [2.75, 3.05) is 31.1 Å². The first-order chi connectivity index (χ1) is 11.7. The molecule has 2 heterocycles. The number of aryl methyl sites for hydroxylation is 1. The van der Waals surface area contributed by atoms with E-state index in [0.717, 1.165) is 49.7 Å². The third kappa shape index (κ3) is 4.91. The van der Waals surface area contributed by atoms with Crippen LogP contribution in [0.15, 0.2) is 0 Å². The normalized spacial score (nSPS) is 17.6. The van der Waals surface area contributed by atoms with Crippen molar-refractivity contribution < 1.29 is 4.79 Å². The zero-order valence-corrected chi connectivity index (χ0v) is 16.5. The Bertz CT molecular complexity index is 604. The Morgan fingerprint density at radius 3 is 2.28 bits per heavy atom. The number of hydrogen-bond acceptors (Lipinski definition) is 5. The summed E-state index contributed by atoms with van der Waals surface area (Å²) in [5.41, 5.74) is 7.94. The molecule has 2 N–H and O–H groups in total. The SMILES string of the molecule is Cc1nc(C(=O)N(CC(C)C)CC(C)C)nc(N2CC[C@@H](N)C2)c1C. The molecule has 0 aliphatic carbocycles. The molecular formula is C19H33N5O. The predicted molar refractivity (Wildman–Crippen MR) is 102 cm³/mol. The number of amides is 1. The van der Waals surface area contributed by atoms with Gasteiger partial charge in [0.05, 0.1) is 0 Å². The molecule has 2 rings (SSSR count). The molecule has 140 valence electrons. The van der Waals surface area contributed by atoms with Gasteiger partial charge in [-0.05, 0) is 32.1 Å². The number of carbonyl (C=O) groups excluding carboxylic acids is 1. The lowest BCUT2D eigenvalue weighted by Gasteiger charge is -2.27. The molecule has 0 aromatic carbocycles. The summed E-state index contributed by atoms with van der Waals surface area (Å²) in [5.74, 6) is 1.91. The standard InChI is InChI=1S/C19H33N5O/c1-12(2)9-24(10-13(3)4)19(25)17-21-15(6)14(5)18(22-17)23-8-7-16(20)11-23/h12-13,16H,7-11,20H2,1-6H3/t16-/m1/s1. The maximum absolute atomic E-state index is 13.1. The summed E-state index contributed by atoms with van der Waals surface area (Å²) in [7, 11) is 0. The second-order valence-electron chi connectivity index (χ2n) is 8.07. The molecule has 6 nitrogen and oxygen atoms in total. The number of aromatic nitrogens is 2. The van der Waals surface area contributed by atoms with Crippen LogP contribution in [-0.4, -0.2) is 53.0 Å². The van der Waals surface area contributed by atoms with E-state index in [1.165, 1.54) is 0 Å². The average molecular weight is 348 g/mol. The van der Waals surface area contributed by atoms with Gasteiger partial charge >= 0.3 is 0 Å². The highest BCUT2D eigenvalue weighted by atomic mass is 16.2. The van der Waals surface area contributed by atoms with Gasteiger partial charge in [-0.15, -0.1) is 0 Å². The van der Waals surface area contributed by atoms with Crippen LogP contribution in [0.1, 0.15) is 56.0 Å². The van der Waals surface area contributed by atoms with Crippen molar-refractivity contribution in [2.24, 2.45) is 17.6 Å². The minimum atomic E-state index is -0.0738. The molecule has 0 radical (unpaired) electrons. The maximum Gasteiger partial charge on any atom is 0.291 e. The quantitative estimate of drug-likeness (QED) is 0.855. The number of rotatable bonds is 6. The van der Waals surface area contributed by atoms with E-state index < -0.39 is 0 Å². The smallest absolute Gasteiger partial charge is 0.291 e. The van der Waals surface area contributed by atoms with Crippen LogP contribution in [0, 0.1) is 25.7 Å². The molecule has 1 aromatic heterocycles. The largest absolute Gasteiger partial charge is 0.355 e. The first kappa shape index (κ1) is 19.6. The summed E-state index contributed by atoms with van der Waals surface area (Å²) in [4.78, 5) is 26.3. The van der Waals surface area contributed by atoms with E-state index in [9.17, 15) is 4.79 Å². The van der Waals surface area contributed by atoms with Crippen molar-refractivity contribution in [2.45, 2.75) is 54.0 Å². The molecular weight excluding hydrogens is 314 g/mol. The lowest BCUT2D eigenvalue weighted by Crippen LogP contribution is -2.38. The minimum absolute atomic E-state index is 0.0738. The van der Waals surface area contributed by atoms with Crippen LogP contribution in [0.4, 0.5) is 5.82 Å². The number of nitrogens with zero attached hydrogens (tertiary/aromatic N) is 4. The fourth-order valence-electron chi connectivity index (χ4n) is 3.26. The zero-order valence-electron chi connectivity index (χ0n) is 16.5. The van der Waals surface area contributed by atoms with Gasteiger partial charge in [0.25, 0.3) is 5.91 Å². The molecule has 1 aliphatic rings. The van der Waals surface area contributed by atoms with E-state index in [1.54, 1.807) is 0 Å². The van der Waals surface area contributed by atoms with Crippen LogP contribution in [0.5, 0.6) is 0 Å². The minimum Gasteiger partial charge on any atom is -0.355 e. The summed E-state index contributed by atoms with van der Waals surface area (Å²) in [6.07, 6.45) is 0.957. The predicted octanol–water partition coefficient (Wildman–Crippen LogP) is 2.39. The Kier molecular flexibility index (Phi) is 6.38. The maximum atomic E-state index is 13.1. The number of hydrogen-bond donors (Lipinski definition) is 1. The van der Waals surface area contributed by atoms with E-state index in [4.69, 9.17) is 5.73 Å². The first-order valence-electron chi connectivity index (χ1n) is 9.34. The van der Waals surface area contributed by atoms with Gasteiger partial charge in [0.1, 0.15) is 5.82 Å². The molecule has 1 amide bonds. The number of carbonyl (C=O) groups is 1. The molecule has 1 saturated heterocycles. The molecule has 1 aromatic rings. The lowest BCUT2D eigenvalue weighted by molar-refractivity contribution is 0.0702. The topological polar surface area (TPSA) is 75.4 Å². The highest BCUT2D eigenvalue weighted by molar-refractivity contribution is 5.91. The van der Waals surface area contributed by atoms with Crippen LogP contribution in [0.25, 0.3) is 0 Å². The Morgan fingerprint density at radius 1 is 1.20 bits per heavy atom. The van der Waals surface area contributed by atoms with Crippen molar-refractivity contribution in [3.05, 3.63) is 17.1 Å². The van der Waals surface area contributed by atoms with Gasteiger partial charge in [-0.25, -0.2) is 9.97 Å². The van der Waals surface area contributed by atoms with Crippen LogP contribution in [-0.2, 0) is 0 Å². The van der Waals surface area contributed by atoms with Crippen molar-refractivity contribution in [1.29, 1.82) is 0 Å². The summed E-state index contributed by atoms with van der Waals surface area (Å²) in [5, 5.41) is 0. The molecule has 0 spiro atoms. The summed E-state index contributed by atoms with van der Waals surface area (Å²) < 4.78 is 0. The third-order valence-electron chi connectivity index (χ3n) is 4.54. The van der Waals surface area contributed by atoms with E-state index in [0.29, 0.717) is 17.7 Å². The molecule has 0 saturated carbocycles. The average Bonchev–Trinajstić information content (AvgIpc) is 2.93. The Balaban J connectivity index is 2.33. The van der Waals surface area contributed by atoms with Gasteiger partial charge < -0.3 is 15.5 Å². The van der Waals surface area contributed by atoms with Crippen LogP contribution >= 0.6 is 0 Å². The molecule has 1 atom stereocenters. The van der Waals surface area contributed by atoms with Crippen molar-refractivity contribution in [3.8, 4) is 0 Å². The van der Waals surface area contributed by atoms with Gasteiger partial charge in [-0.2, -0.15) is 0 Å². The number of anilines is 1. The van der Waals surface area contributed by atoms with E-state index >= 15 is 0 Å². The van der Waals surface area contributed by atoms with Gasteiger partial charge in [0, 0.05) is 43.5 Å². The first-order valence-corrected chi connectivity index (χ1v) is 9.34. The number of nitrogens with two attached hydrogens (primary N) is 1. The monoisotopic (exact) mass is 347 g/mol. The van der Waals surface area contributed by atoms with Crippen molar-refractivity contribution in [1.82, 2.24) is 14.9 Å². The van der Waals surface area contributed by atoms with Crippen LogP contribution < -0.4 is 10.6 Å². The zero-order chi connectivity index (χ0) is 18.7. The molecule has 25 heavy (non-hydrogen) atoms. The highest BCUT2D eigenvalue weighted by Gasteiger charge is 2.26. The molecule has 1 aliphatic heterocycles. The van der Waals surface area contributed by atoms with Crippen molar-refractivity contribution in [3.63, 3.8) is 0 Å². The van der Waals surface area contributed by atoms with Gasteiger partial charge in [-0.1, -0.05) is 27.7 Å². The molecule has 6 heteroatoms. The second-order valence-corrected chi connectivity index (χ2v) is 8.07. The molecule has 1 fully saturated rings. The van der Waals surface area contributed by atoms with Crippen molar-refractivity contribution >= 4 is 11.7 Å². The van der Waals surface area contributed by atoms with Gasteiger partial charge in [0.2, 0.25) is 5.82 Å². The molecule has 0 bridgehead atoms. The lowest BCUT2D eigenvalue weighted by atomic mass is 10.1. The summed E-state index contributed by atoms with van der Waals surface area (Å²) in [6.45, 7) is 15.6. The van der Waals surface area contributed by atoms with Gasteiger partial charge in [0.15, 0.2) is 0 Å². The second kappa shape index (κ2) is 8.13. The fourth-order valence-corrected chi connectivity index (χ4v) is 3.26. The van der Waals surface area contributed by atoms with Crippen LogP contribution in [0.2, 0.25) is 0 Å². The fraction of sp³-hybridized carbons (Fsp3) is 0.737. The third-order valence-corrected chi connectivity index (χ3v) is 4.54.